The lowest BCUT2D eigenvalue weighted by Crippen LogP contribution is -2.42. The highest BCUT2D eigenvalue weighted by molar-refractivity contribution is 5.75. The summed E-state index contributed by atoms with van der Waals surface area (Å²) >= 11 is 0. The molecule has 1 aromatic rings. The molecule has 1 saturated heterocycles. The first-order chi connectivity index (χ1) is 12.1. The van der Waals surface area contributed by atoms with Gasteiger partial charge in [0.25, 0.3) is 0 Å². The highest BCUT2D eigenvalue weighted by Crippen LogP contribution is 2.19. The summed E-state index contributed by atoms with van der Waals surface area (Å²) in [6.45, 7) is 4.67. The quantitative estimate of drug-likeness (QED) is 0.687. The van der Waals surface area contributed by atoms with Gasteiger partial charge in [0.2, 0.25) is 5.91 Å². The fourth-order valence-corrected chi connectivity index (χ4v) is 3.45. The first kappa shape index (κ1) is 19.7. The minimum absolute atomic E-state index is 0.178. The maximum absolute atomic E-state index is 12.0. The molecule has 0 unspecified atom stereocenters. The number of amides is 1. The number of likely N-dealkylation sites (tertiary alicyclic amines) is 1. The molecule has 5 nitrogen and oxygen atoms in total. The highest BCUT2D eigenvalue weighted by atomic mass is 16.5. The summed E-state index contributed by atoms with van der Waals surface area (Å²) in [6, 6.07) is 8.33. The number of hydrogen-bond acceptors (Lipinski definition) is 4. The van der Waals surface area contributed by atoms with Crippen LogP contribution in [0.3, 0.4) is 0 Å². The number of nitrogens with zero attached hydrogens (tertiary/aromatic N) is 2. The molecule has 0 N–H and O–H groups in total. The van der Waals surface area contributed by atoms with Crippen LogP contribution < -0.4 is 4.74 Å². The van der Waals surface area contributed by atoms with Crippen molar-refractivity contribution in [2.45, 2.75) is 25.7 Å². The topological polar surface area (TPSA) is 42.0 Å². The van der Waals surface area contributed by atoms with Crippen molar-refractivity contribution in [3.05, 3.63) is 29.8 Å². The molecule has 1 amide bonds. The molecule has 2 rings (SSSR count). The standard InChI is InChI=1S/C20H32N2O3/c1-21(20(23)11-14-24-2)15-18-5-4-12-22(16-18)13-10-17-6-8-19(25-3)9-7-17/h6-9,18H,4-5,10-16H2,1-3H3/t18-/m1/s1. The molecule has 0 saturated carbocycles. The third-order valence-electron chi connectivity index (χ3n) is 4.96. The Balaban J connectivity index is 1.75. The van der Waals surface area contributed by atoms with E-state index in [-0.39, 0.29) is 5.91 Å². The zero-order valence-corrected chi connectivity index (χ0v) is 15.9. The van der Waals surface area contributed by atoms with E-state index < -0.39 is 0 Å². The van der Waals surface area contributed by atoms with E-state index >= 15 is 0 Å². The van der Waals surface area contributed by atoms with Crippen molar-refractivity contribution in [1.29, 1.82) is 0 Å². The predicted molar refractivity (Wildman–Crippen MR) is 100.0 cm³/mol. The maximum Gasteiger partial charge on any atom is 0.224 e. The largest absolute Gasteiger partial charge is 0.497 e. The Morgan fingerprint density at radius 3 is 2.72 bits per heavy atom. The van der Waals surface area contributed by atoms with Gasteiger partial charge in [-0.15, -0.1) is 0 Å². The average molecular weight is 348 g/mol. The predicted octanol–water partition coefficient (Wildman–Crippen LogP) is 2.44. The lowest BCUT2D eigenvalue weighted by Gasteiger charge is -2.34. The minimum Gasteiger partial charge on any atom is -0.497 e. The molecule has 1 heterocycles. The van der Waals surface area contributed by atoms with Crippen molar-refractivity contribution >= 4 is 5.91 Å². The Labute approximate surface area is 151 Å². The Morgan fingerprint density at radius 1 is 1.28 bits per heavy atom. The first-order valence-corrected chi connectivity index (χ1v) is 9.20. The van der Waals surface area contributed by atoms with Gasteiger partial charge in [0.15, 0.2) is 0 Å². The van der Waals surface area contributed by atoms with E-state index in [4.69, 9.17) is 9.47 Å². The fourth-order valence-electron chi connectivity index (χ4n) is 3.45. The van der Waals surface area contributed by atoms with Gasteiger partial charge < -0.3 is 19.3 Å². The van der Waals surface area contributed by atoms with Crippen molar-refractivity contribution in [2.75, 3.05) is 54.1 Å². The minimum atomic E-state index is 0.178. The van der Waals surface area contributed by atoms with Crippen molar-refractivity contribution in [3.63, 3.8) is 0 Å². The number of carbonyl (C=O) groups is 1. The van der Waals surface area contributed by atoms with Crippen LogP contribution in [0.2, 0.25) is 0 Å². The first-order valence-electron chi connectivity index (χ1n) is 9.20. The van der Waals surface area contributed by atoms with Crippen LogP contribution in [0.25, 0.3) is 0 Å². The van der Waals surface area contributed by atoms with Crippen LogP contribution in [0.4, 0.5) is 0 Å². The summed E-state index contributed by atoms with van der Waals surface area (Å²) in [6.07, 6.45) is 3.95. The molecule has 5 heteroatoms. The van der Waals surface area contributed by atoms with E-state index in [1.54, 1.807) is 14.2 Å². The van der Waals surface area contributed by atoms with E-state index in [1.165, 1.54) is 18.4 Å². The van der Waals surface area contributed by atoms with Crippen molar-refractivity contribution in [3.8, 4) is 5.75 Å². The molecule has 0 radical (unpaired) electrons. The Kier molecular flexibility index (Phi) is 8.22. The molecule has 25 heavy (non-hydrogen) atoms. The number of carbonyl (C=O) groups excluding carboxylic acids is 1. The second-order valence-corrected chi connectivity index (χ2v) is 6.92. The van der Waals surface area contributed by atoms with Crippen molar-refractivity contribution in [2.24, 2.45) is 5.92 Å². The molecule has 0 aliphatic carbocycles. The van der Waals surface area contributed by atoms with Gasteiger partial charge in [0.1, 0.15) is 5.75 Å². The monoisotopic (exact) mass is 348 g/mol. The zero-order chi connectivity index (χ0) is 18.1. The lowest BCUT2D eigenvalue weighted by atomic mass is 9.97. The number of rotatable bonds is 9. The molecule has 1 atom stereocenters. The molecular formula is C20H32N2O3. The summed E-state index contributed by atoms with van der Waals surface area (Å²) in [5.41, 5.74) is 1.34. The lowest BCUT2D eigenvalue weighted by molar-refractivity contribution is -0.131. The molecule has 1 aliphatic heterocycles. The van der Waals surface area contributed by atoms with E-state index in [1.807, 2.05) is 24.1 Å². The van der Waals surface area contributed by atoms with Gasteiger partial charge in [-0.2, -0.15) is 0 Å². The van der Waals surface area contributed by atoms with Gasteiger partial charge in [-0.25, -0.2) is 0 Å². The molecule has 0 aromatic heterocycles. The van der Waals surface area contributed by atoms with Crippen LogP contribution in [0.15, 0.2) is 24.3 Å². The van der Waals surface area contributed by atoms with Crippen LogP contribution in [0.5, 0.6) is 5.75 Å². The second kappa shape index (κ2) is 10.4. The van der Waals surface area contributed by atoms with Crippen LogP contribution in [0.1, 0.15) is 24.8 Å². The number of ether oxygens (including phenoxy) is 2. The number of hydrogen-bond donors (Lipinski definition) is 0. The molecule has 1 aromatic carbocycles. The van der Waals surface area contributed by atoms with Crippen LogP contribution in [0, 0.1) is 5.92 Å². The van der Waals surface area contributed by atoms with Gasteiger partial charge in [0, 0.05) is 33.8 Å². The summed E-state index contributed by atoms with van der Waals surface area (Å²) in [5, 5.41) is 0. The van der Waals surface area contributed by atoms with Crippen LogP contribution in [-0.2, 0) is 16.0 Å². The molecular weight excluding hydrogens is 316 g/mol. The number of methoxy groups -OCH3 is 2. The zero-order valence-electron chi connectivity index (χ0n) is 15.9. The Hall–Kier alpha value is -1.59. The van der Waals surface area contributed by atoms with Gasteiger partial charge in [0.05, 0.1) is 20.1 Å². The Morgan fingerprint density at radius 2 is 2.04 bits per heavy atom. The average Bonchev–Trinajstić information content (AvgIpc) is 2.65. The van der Waals surface area contributed by atoms with E-state index in [9.17, 15) is 4.79 Å². The van der Waals surface area contributed by atoms with Crippen LogP contribution >= 0.6 is 0 Å². The molecule has 140 valence electrons. The van der Waals surface area contributed by atoms with Gasteiger partial charge in [-0.3, -0.25) is 4.79 Å². The smallest absolute Gasteiger partial charge is 0.224 e. The maximum atomic E-state index is 12.0. The summed E-state index contributed by atoms with van der Waals surface area (Å²) in [5.74, 6) is 1.65. The van der Waals surface area contributed by atoms with Gasteiger partial charge in [-0.05, 0) is 49.4 Å². The summed E-state index contributed by atoms with van der Waals surface area (Å²) < 4.78 is 10.2. The van der Waals surface area contributed by atoms with E-state index in [0.29, 0.717) is 18.9 Å². The normalized spacial score (nSPS) is 18.1. The van der Waals surface area contributed by atoms with Gasteiger partial charge in [-0.1, -0.05) is 12.1 Å². The SMILES string of the molecule is COCCC(=O)N(C)C[C@H]1CCCN(CCc2ccc(OC)cc2)C1. The molecule has 0 spiro atoms. The Bertz CT molecular complexity index is 518. The molecule has 1 fully saturated rings. The molecule has 1 aliphatic rings. The van der Waals surface area contributed by atoms with Crippen molar-refractivity contribution in [1.82, 2.24) is 9.80 Å². The third kappa shape index (κ3) is 6.67. The van der Waals surface area contributed by atoms with Crippen molar-refractivity contribution < 1.29 is 14.3 Å². The van der Waals surface area contributed by atoms with Crippen LogP contribution in [-0.4, -0.2) is 69.8 Å². The fraction of sp³-hybridized carbons (Fsp3) is 0.650. The number of piperidine rings is 1. The van der Waals surface area contributed by atoms with Gasteiger partial charge >= 0.3 is 0 Å². The van der Waals surface area contributed by atoms with E-state index in [2.05, 4.69) is 17.0 Å². The number of benzene rings is 1. The highest BCUT2D eigenvalue weighted by Gasteiger charge is 2.22. The third-order valence-corrected chi connectivity index (χ3v) is 4.96. The second-order valence-electron chi connectivity index (χ2n) is 6.92. The molecule has 0 bridgehead atoms. The summed E-state index contributed by atoms with van der Waals surface area (Å²) in [7, 11) is 5.24. The van der Waals surface area contributed by atoms with E-state index in [0.717, 1.165) is 38.3 Å². The summed E-state index contributed by atoms with van der Waals surface area (Å²) in [4.78, 5) is 16.4.